The number of rotatable bonds is 4. The second-order valence-corrected chi connectivity index (χ2v) is 4.65. The molecule has 18 heavy (non-hydrogen) atoms. The molecule has 0 radical (unpaired) electrons. The number of nitriles is 1. The number of carbonyl (C=O) groups is 1. The second-order valence-electron chi connectivity index (χ2n) is 3.62. The van der Waals surface area contributed by atoms with Gasteiger partial charge in [-0.1, -0.05) is 6.07 Å². The van der Waals surface area contributed by atoms with Gasteiger partial charge in [0.15, 0.2) is 0 Å². The molecule has 5 heteroatoms. The molecule has 0 aliphatic rings. The smallest absolute Gasteiger partial charge is 0.254 e. The maximum Gasteiger partial charge on any atom is 0.254 e. The normalized spacial score (nSPS) is 9.72. The summed E-state index contributed by atoms with van der Waals surface area (Å²) in [5.41, 5.74) is 0.671. The van der Waals surface area contributed by atoms with E-state index in [1.165, 1.54) is 23.3 Å². The Morgan fingerprint density at radius 1 is 1.50 bits per heavy atom. The molecule has 0 spiro atoms. The minimum Gasteiger partial charge on any atom is -0.352 e. The van der Waals surface area contributed by atoms with E-state index in [1.54, 1.807) is 11.3 Å². The zero-order chi connectivity index (χ0) is 12.8. The molecule has 90 valence electrons. The molecule has 0 bridgehead atoms. The molecular weight excluding hydrogens is 246 g/mol. The van der Waals surface area contributed by atoms with Crippen molar-refractivity contribution in [3.8, 4) is 6.07 Å². The molecular formula is C13H11N3OS. The van der Waals surface area contributed by atoms with Gasteiger partial charge in [0.05, 0.1) is 11.1 Å². The van der Waals surface area contributed by atoms with Crippen molar-refractivity contribution in [2.45, 2.75) is 6.42 Å². The number of hydrogen-bond acceptors (Lipinski definition) is 4. The number of pyridine rings is 1. The zero-order valence-corrected chi connectivity index (χ0v) is 10.4. The van der Waals surface area contributed by atoms with Crippen molar-refractivity contribution in [1.29, 1.82) is 5.26 Å². The van der Waals surface area contributed by atoms with Crippen molar-refractivity contribution in [2.24, 2.45) is 0 Å². The third kappa shape index (κ3) is 2.93. The number of hydrogen-bond donors (Lipinski definition) is 1. The average Bonchev–Trinajstić information content (AvgIpc) is 2.91. The van der Waals surface area contributed by atoms with Gasteiger partial charge in [0, 0.05) is 23.8 Å². The van der Waals surface area contributed by atoms with E-state index in [0.717, 1.165) is 6.42 Å². The van der Waals surface area contributed by atoms with Crippen LogP contribution in [0.3, 0.4) is 0 Å². The molecule has 0 aliphatic heterocycles. The minimum absolute atomic E-state index is 0.254. The Morgan fingerprint density at radius 2 is 2.39 bits per heavy atom. The van der Waals surface area contributed by atoms with Crippen LogP contribution in [0, 0.1) is 11.3 Å². The first kappa shape index (κ1) is 12.3. The van der Waals surface area contributed by atoms with Crippen LogP contribution >= 0.6 is 11.3 Å². The summed E-state index contributed by atoms with van der Waals surface area (Å²) in [6.07, 6.45) is 3.71. The standard InChI is InChI=1S/C13H11N3OS/c14-8-10-3-5-15-9-12(10)13(17)16-6-4-11-2-1-7-18-11/h1-3,5,7,9H,4,6H2,(H,16,17). The highest BCUT2D eigenvalue weighted by Gasteiger charge is 2.10. The first-order chi connectivity index (χ1) is 8.81. The number of carbonyl (C=O) groups excluding carboxylic acids is 1. The number of thiophene rings is 1. The van der Waals surface area contributed by atoms with Crippen LogP contribution in [0.5, 0.6) is 0 Å². The highest BCUT2D eigenvalue weighted by Crippen LogP contribution is 2.09. The predicted molar refractivity (Wildman–Crippen MR) is 69.3 cm³/mol. The summed E-state index contributed by atoms with van der Waals surface area (Å²) >= 11 is 1.66. The topological polar surface area (TPSA) is 65.8 Å². The van der Waals surface area contributed by atoms with Crippen LogP contribution in [0.25, 0.3) is 0 Å². The largest absolute Gasteiger partial charge is 0.352 e. The lowest BCUT2D eigenvalue weighted by Crippen LogP contribution is -2.26. The number of nitrogens with one attached hydrogen (secondary N) is 1. The minimum atomic E-state index is -0.254. The molecule has 0 saturated carbocycles. The molecule has 0 aromatic carbocycles. The van der Waals surface area contributed by atoms with Gasteiger partial charge in [-0.05, 0) is 23.9 Å². The van der Waals surface area contributed by atoms with Crippen LogP contribution in [-0.2, 0) is 6.42 Å². The molecule has 4 nitrogen and oxygen atoms in total. The van der Waals surface area contributed by atoms with Crippen LogP contribution in [0.4, 0.5) is 0 Å². The summed E-state index contributed by atoms with van der Waals surface area (Å²) in [6, 6.07) is 7.53. The molecule has 1 N–H and O–H groups in total. The van der Waals surface area contributed by atoms with Crippen LogP contribution < -0.4 is 5.32 Å². The average molecular weight is 257 g/mol. The van der Waals surface area contributed by atoms with E-state index >= 15 is 0 Å². The van der Waals surface area contributed by atoms with Gasteiger partial charge in [-0.2, -0.15) is 5.26 Å². The van der Waals surface area contributed by atoms with Crippen LogP contribution in [0.1, 0.15) is 20.8 Å². The van der Waals surface area contributed by atoms with Gasteiger partial charge in [0.2, 0.25) is 0 Å². The SMILES string of the molecule is N#Cc1ccncc1C(=O)NCCc1cccs1. The Labute approximate surface area is 109 Å². The van der Waals surface area contributed by atoms with Crippen molar-refractivity contribution in [1.82, 2.24) is 10.3 Å². The monoisotopic (exact) mass is 257 g/mol. The van der Waals surface area contributed by atoms with Crippen molar-refractivity contribution < 1.29 is 4.79 Å². The molecule has 1 amide bonds. The summed E-state index contributed by atoms with van der Waals surface area (Å²) in [7, 11) is 0. The van der Waals surface area contributed by atoms with Gasteiger partial charge in [0.25, 0.3) is 5.91 Å². The first-order valence-corrected chi connectivity index (χ1v) is 6.34. The van der Waals surface area contributed by atoms with Gasteiger partial charge < -0.3 is 5.32 Å². The van der Waals surface area contributed by atoms with E-state index in [4.69, 9.17) is 5.26 Å². The Morgan fingerprint density at radius 3 is 3.11 bits per heavy atom. The fourth-order valence-electron chi connectivity index (χ4n) is 1.52. The molecule has 2 heterocycles. The van der Waals surface area contributed by atoms with Crippen molar-refractivity contribution in [3.05, 3.63) is 52.0 Å². The summed E-state index contributed by atoms with van der Waals surface area (Å²) in [6.45, 7) is 0.555. The third-order valence-electron chi connectivity index (χ3n) is 2.42. The van der Waals surface area contributed by atoms with Gasteiger partial charge in [-0.15, -0.1) is 11.3 Å². The van der Waals surface area contributed by atoms with E-state index in [-0.39, 0.29) is 5.91 Å². The molecule has 2 rings (SSSR count). The summed E-state index contributed by atoms with van der Waals surface area (Å²) in [5.74, 6) is -0.254. The van der Waals surface area contributed by atoms with E-state index in [9.17, 15) is 4.79 Å². The Hall–Kier alpha value is -2.19. The molecule has 2 aromatic rings. The number of nitrogens with zero attached hydrogens (tertiary/aromatic N) is 2. The Kier molecular flexibility index (Phi) is 4.05. The predicted octanol–water partition coefficient (Wildman–Crippen LogP) is 1.99. The van der Waals surface area contributed by atoms with Crippen LogP contribution in [-0.4, -0.2) is 17.4 Å². The summed E-state index contributed by atoms with van der Waals surface area (Å²) in [5, 5.41) is 13.7. The lowest BCUT2D eigenvalue weighted by Gasteiger charge is -2.05. The van der Waals surface area contributed by atoms with Gasteiger partial charge in [0.1, 0.15) is 6.07 Å². The van der Waals surface area contributed by atoms with E-state index in [1.807, 2.05) is 23.6 Å². The van der Waals surface area contributed by atoms with Gasteiger partial charge >= 0.3 is 0 Å². The fraction of sp³-hybridized carbons (Fsp3) is 0.154. The lowest BCUT2D eigenvalue weighted by molar-refractivity contribution is 0.0953. The van der Waals surface area contributed by atoms with E-state index in [2.05, 4.69) is 10.3 Å². The quantitative estimate of drug-likeness (QED) is 0.910. The van der Waals surface area contributed by atoms with Crippen LogP contribution in [0.15, 0.2) is 36.0 Å². The lowest BCUT2D eigenvalue weighted by atomic mass is 10.1. The van der Waals surface area contributed by atoms with Crippen molar-refractivity contribution >= 4 is 17.2 Å². The third-order valence-corrected chi connectivity index (χ3v) is 3.36. The van der Waals surface area contributed by atoms with Crippen molar-refractivity contribution in [2.75, 3.05) is 6.54 Å². The Bertz CT molecular complexity index is 572. The number of amides is 1. The summed E-state index contributed by atoms with van der Waals surface area (Å²) in [4.78, 5) is 16.9. The fourth-order valence-corrected chi connectivity index (χ4v) is 2.23. The van der Waals surface area contributed by atoms with Gasteiger partial charge in [-0.3, -0.25) is 9.78 Å². The molecule has 0 unspecified atom stereocenters. The maximum absolute atomic E-state index is 11.9. The zero-order valence-electron chi connectivity index (χ0n) is 9.59. The molecule has 2 aromatic heterocycles. The van der Waals surface area contributed by atoms with E-state index in [0.29, 0.717) is 17.7 Å². The van der Waals surface area contributed by atoms with Crippen LogP contribution in [0.2, 0.25) is 0 Å². The van der Waals surface area contributed by atoms with E-state index < -0.39 is 0 Å². The summed E-state index contributed by atoms with van der Waals surface area (Å²) < 4.78 is 0. The highest BCUT2D eigenvalue weighted by atomic mass is 32.1. The molecule has 0 fully saturated rings. The van der Waals surface area contributed by atoms with Gasteiger partial charge in [-0.25, -0.2) is 0 Å². The van der Waals surface area contributed by atoms with Crippen molar-refractivity contribution in [3.63, 3.8) is 0 Å². The number of aromatic nitrogens is 1. The molecule has 0 saturated heterocycles. The maximum atomic E-state index is 11.9. The molecule has 0 aliphatic carbocycles. The highest BCUT2D eigenvalue weighted by molar-refractivity contribution is 7.09. The Balaban J connectivity index is 1.94. The molecule has 0 atom stereocenters. The second kappa shape index (κ2) is 5.94. The first-order valence-electron chi connectivity index (χ1n) is 5.46.